The van der Waals surface area contributed by atoms with Gasteiger partial charge in [0.25, 0.3) is 0 Å². The minimum atomic E-state index is 0.249. The normalized spacial score (nSPS) is 15.1. The number of carbonyl (C=O) groups is 1. The predicted octanol–water partition coefficient (Wildman–Crippen LogP) is 7.07. The molecule has 0 aromatic rings. The van der Waals surface area contributed by atoms with Crippen LogP contribution in [0.25, 0.3) is 0 Å². The number of rotatable bonds is 19. The van der Waals surface area contributed by atoms with Crippen molar-refractivity contribution in [1.82, 2.24) is 10.2 Å². The van der Waals surface area contributed by atoms with Crippen molar-refractivity contribution in [2.75, 3.05) is 25.5 Å². The SMILES string of the molecule is CCCCCCCCCCCC(=O)NCCCCCN(CCCl)C1CCCCC1. The van der Waals surface area contributed by atoms with E-state index in [1.807, 2.05) is 0 Å². The number of nitrogens with one attached hydrogen (secondary N) is 1. The molecule has 172 valence electrons. The number of hydrogen-bond donors (Lipinski definition) is 1. The summed E-state index contributed by atoms with van der Waals surface area (Å²) in [7, 11) is 0. The zero-order chi connectivity index (χ0) is 21.0. The molecule has 0 aliphatic heterocycles. The highest BCUT2D eigenvalue weighted by atomic mass is 35.5. The van der Waals surface area contributed by atoms with Crippen LogP contribution < -0.4 is 5.32 Å². The van der Waals surface area contributed by atoms with Gasteiger partial charge < -0.3 is 5.32 Å². The molecule has 1 N–H and O–H groups in total. The summed E-state index contributed by atoms with van der Waals surface area (Å²) in [6.07, 6.45) is 22.9. The Morgan fingerprint density at radius 3 is 2.10 bits per heavy atom. The molecule has 0 saturated heterocycles. The fourth-order valence-corrected chi connectivity index (χ4v) is 4.78. The van der Waals surface area contributed by atoms with Crippen molar-refractivity contribution in [2.24, 2.45) is 0 Å². The van der Waals surface area contributed by atoms with Crippen LogP contribution >= 0.6 is 11.6 Å². The molecule has 0 aromatic heterocycles. The van der Waals surface area contributed by atoms with E-state index in [2.05, 4.69) is 17.1 Å². The Bertz CT molecular complexity index is 372. The molecule has 1 fully saturated rings. The van der Waals surface area contributed by atoms with E-state index >= 15 is 0 Å². The highest BCUT2D eigenvalue weighted by Gasteiger charge is 2.19. The molecule has 1 saturated carbocycles. The maximum absolute atomic E-state index is 11.9. The average Bonchev–Trinajstić information content (AvgIpc) is 2.74. The number of halogens is 1. The third kappa shape index (κ3) is 15.2. The van der Waals surface area contributed by atoms with Gasteiger partial charge in [0.15, 0.2) is 0 Å². The molecule has 0 heterocycles. The zero-order valence-electron chi connectivity index (χ0n) is 19.4. The molecule has 1 aliphatic rings. The maximum atomic E-state index is 11.9. The highest BCUT2D eigenvalue weighted by molar-refractivity contribution is 6.18. The molecule has 4 heteroatoms. The van der Waals surface area contributed by atoms with Gasteiger partial charge in [-0.3, -0.25) is 9.69 Å². The summed E-state index contributed by atoms with van der Waals surface area (Å²) < 4.78 is 0. The molecule has 0 aromatic carbocycles. The zero-order valence-corrected chi connectivity index (χ0v) is 20.1. The number of hydrogen-bond acceptors (Lipinski definition) is 2. The molecule has 0 unspecified atom stereocenters. The van der Waals surface area contributed by atoms with Crippen LogP contribution in [0.5, 0.6) is 0 Å². The molecule has 3 nitrogen and oxygen atoms in total. The van der Waals surface area contributed by atoms with Crippen molar-refractivity contribution in [3.05, 3.63) is 0 Å². The van der Waals surface area contributed by atoms with Crippen LogP contribution in [0.1, 0.15) is 122 Å². The summed E-state index contributed by atoms with van der Waals surface area (Å²) >= 11 is 6.02. The molecule has 0 radical (unpaired) electrons. The van der Waals surface area contributed by atoms with Crippen molar-refractivity contribution < 1.29 is 4.79 Å². The second-order valence-corrected chi connectivity index (χ2v) is 9.38. The van der Waals surface area contributed by atoms with E-state index in [4.69, 9.17) is 11.6 Å². The predicted molar refractivity (Wildman–Crippen MR) is 128 cm³/mol. The summed E-state index contributed by atoms with van der Waals surface area (Å²) in [6.45, 7) is 5.31. The van der Waals surface area contributed by atoms with E-state index in [0.29, 0.717) is 6.42 Å². The fourth-order valence-electron chi connectivity index (χ4n) is 4.56. The van der Waals surface area contributed by atoms with Crippen molar-refractivity contribution in [2.45, 2.75) is 129 Å². The lowest BCUT2D eigenvalue weighted by Crippen LogP contribution is -2.38. The fraction of sp³-hybridized carbons (Fsp3) is 0.960. The van der Waals surface area contributed by atoms with Gasteiger partial charge in [0, 0.05) is 31.4 Å². The Morgan fingerprint density at radius 2 is 1.45 bits per heavy atom. The first-order valence-electron chi connectivity index (χ1n) is 12.8. The number of amides is 1. The first kappa shape index (κ1) is 26.8. The second-order valence-electron chi connectivity index (χ2n) is 9.01. The number of carbonyl (C=O) groups excluding carboxylic acids is 1. The number of nitrogens with zero attached hydrogens (tertiary/aromatic N) is 1. The summed E-state index contributed by atoms with van der Waals surface area (Å²) in [4.78, 5) is 14.6. The van der Waals surface area contributed by atoms with E-state index < -0.39 is 0 Å². The van der Waals surface area contributed by atoms with Crippen LogP contribution in [0, 0.1) is 0 Å². The van der Waals surface area contributed by atoms with Gasteiger partial charge in [-0.25, -0.2) is 0 Å². The van der Waals surface area contributed by atoms with Gasteiger partial charge >= 0.3 is 0 Å². The van der Waals surface area contributed by atoms with Crippen LogP contribution in [0.15, 0.2) is 0 Å². The molecular weight excluding hydrogens is 380 g/mol. The number of unbranched alkanes of at least 4 members (excludes halogenated alkanes) is 10. The molecular formula is C25H49ClN2O. The first-order valence-corrected chi connectivity index (χ1v) is 13.4. The summed E-state index contributed by atoms with van der Waals surface area (Å²) in [5, 5.41) is 3.11. The van der Waals surface area contributed by atoms with Gasteiger partial charge in [-0.15, -0.1) is 11.6 Å². The van der Waals surface area contributed by atoms with Gasteiger partial charge in [-0.1, -0.05) is 84.0 Å². The lowest BCUT2D eigenvalue weighted by molar-refractivity contribution is -0.121. The molecule has 1 rings (SSSR count). The topological polar surface area (TPSA) is 32.3 Å². The average molecular weight is 429 g/mol. The van der Waals surface area contributed by atoms with Crippen LogP contribution in [0.4, 0.5) is 0 Å². The van der Waals surface area contributed by atoms with Crippen molar-refractivity contribution in [1.29, 1.82) is 0 Å². The van der Waals surface area contributed by atoms with E-state index in [1.54, 1.807) is 0 Å². The quantitative estimate of drug-likeness (QED) is 0.176. The molecule has 29 heavy (non-hydrogen) atoms. The van der Waals surface area contributed by atoms with Crippen molar-refractivity contribution >= 4 is 17.5 Å². The first-order chi connectivity index (χ1) is 14.3. The van der Waals surface area contributed by atoms with Crippen molar-refractivity contribution in [3.63, 3.8) is 0 Å². The van der Waals surface area contributed by atoms with E-state index in [9.17, 15) is 4.79 Å². The third-order valence-electron chi connectivity index (χ3n) is 6.41. The van der Waals surface area contributed by atoms with Crippen molar-refractivity contribution in [3.8, 4) is 0 Å². The highest BCUT2D eigenvalue weighted by Crippen LogP contribution is 2.23. The van der Waals surface area contributed by atoms with Crippen LogP contribution in [-0.2, 0) is 4.79 Å². The third-order valence-corrected chi connectivity index (χ3v) is 6.58. The Hall–Kier alpha value is -0.280. The summed E-state index contributed by atoms with van der Waals surface area (Å²) in [5.41, 5.74) is 0. The lowest BCUT2D eigenvalue weighted by atomic mass is 9.94. The van der Waals surface area contributed by atoms with Crippen LogP contribution in [0.3, 0.4) is 0 Å². The van der Waals surface area contributed by atoms with Gasteiger partial charge in [-0.2, -0.15) is 0 Å². The minimum Gasteiger partial charge on any atom is -0.356 e. The molecule has 1 amide bonds. The number of alkyl halides is 1. The Balaban J connectivity index is 1.91. The Kier molecular flexibility index (Phi) is 18.1. The summed E-state index contributed by atoms with van der Waals surface area (Å²) in [6, 6.07) is 0.763. The van der Waals surface area contributed by atoms with E-state index in [1.165, 1.54) is 103 Å². The summed E-state index contributed by atoms with van der Waals surface area (Å²) in [5.74, 6) is 0.990. The molecule has 1 aliphatic carbocycles. The minimum absolute atomic E-state index is 0.249. The second kappa shape index (κ2) is 19.7. The van der Waals surface area contributed by atoms with Gasteiger partial charge in [0.05, 0.1) is 0 Å². The van der Waals surface area contributed by atoms with Crippen LogP contribution in [-0.4, -0.2) is 42.4 Å². The standard InChI is InChI=1S/C25H49ClN2O/c1-2-3-4-5-6-7-8-9-14-19-25(29)27-21-15-11-16-22-28(23-20-26)24-17-12-10-13-18-24/h24H,2-23H2,1H3,(H,27,29). The molecule has 0 spiro atoms. The molecule has 0 bridgehead atoms. The van der Waals surface area contributed by atoms with E-state index in [0.717, 1.165) is 37.9 Å². The largest absolute Gasteiger partial charge is 0.356 e. The van der Waals surface area contributed by atoms with Crippen LogP contribution in [0.2, 0.25) is 0 Å². The lowest BCUT2D eigenvalue weighted by Gasteiger charge is -2.34. The van der Waals surface area contributed by atoms with E-state index in [-0.39, 0.29) is 5.91 Å². The van der Waals surface area contributed by atoms with Gasteiger partial charge in [0.1, 0.15) is 0 Å². The monoisotopic (exact) mass is 428 g/mol. The maximum Gasteiger partial charge on any atom is 0.219 e. The van der Waals surface area contributed by atoms with Gasteiger partial charge in [0.2, 0.25) is 5.91 Å². The Morgan fingerprint density at radius 1 is 0.828 bits per heavy atom. The molecule has 0 atom stereocenters. The van der Waals surface area contributed by atoms with Gasteiger partial charge in [-0.05, 0) is 38.6 Å². The smallest absolute Gasteiger partial charge is 0.219 e. The Labute approximate surface area is 186 Å².